The predicted molar refractivity (Wildman–Crippen MR) is 96.7 cm³/mol. The van der Waals surface area contributed by atoms with Gasteiger partial charge in [-0.25, -0.2) is 9.37 Å². The van der Waals surface area contributed by atoms with Gasteiger partial charge in [0.25, 0.3) is 0 Å². The quantitative estimate of drug-likeness (QED) is 0.844. The average molecular weight is 352 g/mol. The smallest absolute Gasteiger partial charge is 0.214 e. The number of hydrogen-bond donors (Lipinski definition) is 1. The molecule has 0 radical (unpaired) electrons. The molecule has 0 fully saturated rings. The summed E-state index contributed by atoms with van der Waals surface area (Å²) in [5, 5.41) is 17.8. The molecule has 5 heteroatoms. The molecule has 1 aromatic carbocycles. The number of pyridine rings is 1. The minimum Gasteiger partial charge on any atom is -0.473 e. The van der Waals surface area contributed by atoms with Crippen LogP contribution in [0.3, 0.4) is 0 Å². The molecule has 2 aromatic rings. The van der Waals surface area contributed by atoms with Gasteiger partial charge in [-0.05, 0) is 55.4 Å². The van der Waals surface area contributed by atoms with Crippen molar-refractivity contribution in [3.8, 4) is 11.9 Å². The second kappa shape index (κ2) is 8.59. The first-order chi connectivity index (χ1) is 12.7. The molecular weight excluding hydrogens is 331 g/mol. The van der Waals surface area contributed by atoms with Gasteiger partial charge in [-0.15, -0.1) is 0 Å². The van der Waals surface area contributed by atoms with Crippen LogP contribution in [0.15, 0.2) is 42.5 Å². The van der Waals surface area contributed by atoms with Crippen molar-refractivity contribution in [2.45, 2.75) is 32.3 Å². The number of halogens is 1. The summed E-state index contributed by atoms with van der Waals surface area (Å²) in [6.45, 7) is 0.299. The van der Waals surface area contributed by atoms with E-state index in [0.717, 1.165) is 31.4 Å². The van der Waals surface area contributed by atoms with Crippen LogP contribution in [-0.4, -0.2) is 16.7 Å². The number of rotatable bonds is 6. The first kappa shape index (κ1) is 18.1. The maximum absolute atomic E-state index is 13.9. The maximum Gasteiger partial charge on any atom is 0.214 e. The molecule has 0 saturated carbocycles. The van der Waals surface area contributed by atoms with Crippen LogP contribution in [0.4, 0.5) is 4.39 Å². The second-order valence-electron chi connectivity index (χ2n) is 6.45. The highest BCUT2D eigenvalue weighted by Crippen LogP contribution is 2.31. The summed E-state index contributed by atoms with van der Waals surface area (Å²) < 4.78 is 19.6. The Labute approximate surface area is 152 Å². The molecule has 0 saturated heterocycles. The van der Waals surface area contributed by atoms with Gasteiger partial charge in [0.15, 0.2) is 0 Å². The van der Waals surface area contributed by atoms with Gasteiger partial charge in [0, 0.05) is 18.2 Å². The number of benzene rings is 1. The van der Waals surface area contributed by atoms with Crippen molar-refractivity contribution in [2.75, 3.05) is 6.61 Å². The van der Waals surface area contributed by atoms with Crippen molar-refractivity contribution in [3.63, 3.8) is 0 Å². The average Bonchev–Trinajstić information content (AvgIpc) is 2.68. The van der Waals surface area contributed by atoms with E-state index in [0.29, 0.717) is 17.4 Å². The zero-order valence-corrected chi connectivity index (χ0v) is 14.5. The molecule has 0 aliphatic heterocycles. The summed E-state index contributed by atoms with van der Waals surface area (Å²) in [5.41, 5.74) is 2.74. The molecule has 0 amide bonds. The van der Waals surface area contributed by atoms with E-state index in [-0.39, 0.29) is 18.8 Å². The molecule has 1 aromatic heterocycles. The third-order valence-corrected chi connectivity index (χ3v) is 4.67. The molecule has 3 rings (SSSR count). The topological polar surface area (TPSA) is 66.1 Å². The van der Waals surface area contributed by atoms with Crippen LogP contribution < -0.4 is 4.74 Å². The van der Waals surface area contributed by atoms with Gasteiger partial charge < -0.3 is 9.84 Å². The molecule has 1 aliphatic rings. The fraction of sp³-hybridized carbons (Fsp3) is 0.333. The Morgan fingerprint density at radius 3 is 2.88 bits per heavy atom. The van der Waals surface area contributed by atoms with Crippen LogP contribution in [0, 0.1) is 23.1 Å². The van der Waals surface area contributed by atoms with Gasteiger partial charge in [0.2, 0.25) is 5.88 Å². The van der Waals surface area contributed by atoms with Crippen molar-refractivity contribution < 1.29 is 14.2 Å². The first-order valence-corrected chi connectivity index (χ1v) is 8.78. The maximum atomic E-state index is 13.9. The molecule has 4 nitrogen and oxygen atoms in total. The SMILES string of the molecule is N#Cc1ccc(COc2cccc(C3=CCC(CCO)CC3)n2)c(F)c1. The number of hydrogen-bond acceptors (Lipinski definition) is 4. The number of nitriles is 1. The fourth-order valence-electron chi connectivity index (χ4n) is 3.13. The standard InChI is InChI=1S/C21H21FN2O2/c22-19-12-16(13-23)6-9-18(19)14-26-21-3-1-2-20(24-21)17-7-4-15(5-8-17)10-11-25/h1-3,6-7,9,12,15,25H,4-5,8,10-11,14H2. The molecule has 0 spiro atoms. The van der Waals surface area contributed by atoms with E-state index >= 15 is 0 Å². The van der Waals surface area contributed by atoms with Crippen molar-refractivity contribution in [1.82, 2.24) is 4.98 Å². The summed E-state index contributed by atoms with van der Waals surface area (Å²) >= 11 is 0. The van der Waals surface area contributed by atoms with Gasteiger partial charge in [-0.2, -0.15) is 5.26 Å². The zero-order chi connectivity index (χ0) is 18.4. The van der Waals surface area contributed by atoms with E-state index < -0.39 is 5.82 Å². The van der Waals surface area contributed by atoms with E-state index in [1.807, 2.05) is 18.2 Å². The van der Waals surface area contributed by atoms with Crippen LogP contribution in [-0.2, 0) is 6.61 Å². The molecule has 134 valence electrons. The third kappa shape index (κ3) is 4.47. The number of aliphatic hydroxyl groups excluding tert-OH is 1. The monoisotopic (exact) mass is 352 g/mol. The Bertz CT molecular complexity index is 842. The lowest BCUT2D eigenvalue weighted by Crippen LogP contribution is -2.08. The lowest BCUT2D eigenvalue weighted by molar-refractivity contribution is 0.251. The van der Waals surface area contributed by atoms with E-state index in [1.54, 1.807) is 18.2 Å². The summed E-state index contributed by atoms with van der Waals surface area (Å²) in [6.07, 6.45) is 5.98. The van der Waals surface area contributed by atoms with Gasteiger partial charge in [-0.1, -0.05) is 18.2 Å². The van der Waals surface area contributed by atoms with Crippen molar-refractivity contribution >= 4 is 5.57 Å². The highest BCUT2D eigenvalue weighted by atomic mass is 19.1. The highest BCUT2D eigenvalue weighted by Gasteiger charge is 2.16. The molecule has 1 aliphatic carbocycles. The molecule has 1 unspecified atom stereocenters. The summed E-state index contributed by atoms with van der Waals surface area (Å²) in [5.74, 6) is 0.539. The Balaban J connectivity index is 1.66. The van der Waals surface area contributed by atoms with Gasteiger partial charge >= 0.3 is 0 Å². The molecule has 1 heterocycles. The number of aliphatic hydroxyl groups is 1. The summed E-state index contributed by atoms with van der Waals surface area (Å²) in [4.78, 5) is 4.53. The number of allylic oxidation sites excluding steroid dienone is 2. The summed E-state index contributed by atoms with van der Waals surface area (Å²) in [6, 6.07) is 11.8. The second-order valence-corrected chi connectivity index (χ2v) is 6.45. The molecule has 26 heavy (non-hydrogen) atoms. The summed E-state index contributed by atoms with van der Waals surface area (Å²) in [7, 11) is 0. The van der Waals surface area contributed by atoms with Gasteiger partial charge in [0.05, 0.1) is 17.3 Å². The van der Waals surface area contributed by atoms with Crippen molar-refractivity contribution in [1.29, 1.82) is 5.26 Å². The Kier molecular flexibility index (Phi) is 5.98. The minimum absolute atomic E-state index is 0.0611. The first-order valence-electron chi connectivity index (χ1n) is 8.78. The van der Waals surface area contributed by atoms with Crippen molar-refractivity contribution in [2.24, 2.45) is 5.92 Å². The third-order valence-electron chi connectivity index (χ3n) is 4.67. The Morgan fingerprint density at radius 2 is 2.19 bits per heavy atom. The van der Waals surface area contributed by atoms with E-state index in [2.05, 4.69) is 11.1 Å². The van der Waals surface area contributed by atoms with E-state index in [1.165, 1.54) is 11.6 Å². The highest BCUT2D eigenvalue weighted by molar-refractivity contribution is 5.63. The number of aromatic nitrogens is 1. The van der Waals surface area contributed by atoms with Crippen LogP contribution >= 0.6 is 0 Å². The van der Waals surface area contributed by atoms with Crippen molar-refractivity contribution in [3.05, 3.63) is 65.1 Å². The fourth-order valence-corrected chi connectivity index (χ4v) is 3.13. The minimum atomic E-state index is -0.454. The Hall–Kier alpha value is -2.71. The van der Waals surface area contributed by atoms with Crippen LogP contribution in [0.5, 0.6) is 5.88 Å². The van der Waals surface area contributed by atoms with E-state index in [9.17, 15) is 4.39 Å². The van der Waals surface area contributed by atoms with Crippen LogP contribution in [0.25, 0.3) is 5.57 Å². The van der Waals surface area contributed by atoms with Crippen LogP contribution in [0.2, 0.25) is 0 Å². The normalized spacial score (nSPS) is 16.7. The number of nitrogens with zero attached hydrogens (tertiary/aromatic N) is 2. The molecular formula is C21H21FN2O2. The van der Waals surface area contributed by atoms with Gasteiger partial charge in [-0.3, -0.25) is 0 Å². The lowest BCUT2D eigenvalue weighted by Gasteiger charge is -2.21. The molecule has 1 atom stereocenters. The largest absolute Gasteiger partial charge is 0.473 e. The zero-order valence-electron chi connectivity index (χ0n) is 14.5. The van der Waals surface area contributed by atoms with Crippen LogP contribution in [0.1, 0.15) is 42.5 Å². The molecule has 0 bridgehead atoms. The predicted octanol–water partition coefficient (Wildman–Crippen LogP) is 4.24. The van der Waals surface area contributed by atoms with Gasteiger partial charge in [0.1, 0.15) is 12.4 Å². The Morgan fingerprint density at radius 1 is 1.31 bits per heavy atom. The molecule has 1 N–H and O–H groups in total. The lowest BCUT2D eigenvalue weighted by atomic mass is 9.86. The number of ether oxygens (including phenoxy) is 1. The van der Waals surface area contributed by atoms with E-state index in [4.69, 9.17) is 15.1 Å².